The Hall–Kier alpha value is -1.94. The summed E-state index contributed by atoms with van der Waals surface area (Å²) in [6.07, 6.45) is 1.63. The minimum absolute atomic E-state index is 0.0789. The highest BCUT2D eigenvalue weighted by Crippen LogP contribution is 2.21. The normalized spacial score (nSPS) is 11.2. The molecule has 2 rings (SSSR count). The van der Waals surface area contributed by atoms with Crippen molar-refractivity contribution < 1.29 is 12.8 Å². The summed E-state index contributed by atoms with van der Waals surface area (Å²) in [7, 11) is -3.58. The molecule has 0 aliphatic heterocycles. The lowest BCUT2D eigenvalue weighted by molar-refractivity contribution is 0.595. The van der Waals surface area contributed by atoms with Gasteiger partial charge in [0.2, 0.25) is 9.84 Å². The molecule has 4 heteroatoms. The van der Waals surface area contributed by atoms with Crippen LogP contribution in [0.4, 0.5) is 4.39 Å². The molecule has 0 saturated carbocycles. The van der Waals surface area contributed by atoms with Gasteiger partial charge in [-0.25, -0.2) is 12.8 Å². The van der Waals surface area contributed by atoms with Gasteiger partial charge >= 0.3 is 0 Å². The summed E-state index contributed by atoms with van der Waals surface area (Å²) in [6, 6.07) is 11.1. The molecular weight excluding hydrogens is 251 g/mol. The zero-order valence-corrected chi connectivity index (χ0v) is 10.3. The second-order valence-corrected chi connectivity index (χ2v) is 5.68. The zero-order chi connectivity index (χ0) is 13.2. The van der Waals surface area contributed by atoms with Crippen LogP contribution in [0.5, 0.6) is 0 Å². The van der Waals surface area contributed by atoms with E-state index >= 15 is 0 Å². The smallest absolute Gasteiger partial charge is 0.206 e. The maximum Gasteiger partial charge on any atom is 0.206 e. The average Bonchev–Trinajstić information content (AvgIpc) is 2.39. The number of sulfone groups is 1. The first-order valence-electron chi connectivity index (χ1n) is 5.27. The average molecular weight is 262 g/mol. The molecule has 0 radical (unpaired) electrons. The molecule has 2 nitrogen and oxygen atoms in total. The Kier molecular flexibility index (Phi) is 3.30. The third-order valence-corrected chi connectivity index (χ3v) is 4.34. The van der Waals surface area contributed by atoms with E-state index in [0.717, 1.165) is 17.7 Å². The second-order valence-electron chi connectivity index (χ2n) is 3.73. The van der Waals surface area contributed by atoms with E-state index < -0.39 is 15.7 Å². The summed E-state index contributed by atoms with van der Waals surface area (Å²) in [5.41, 5.74) is 0.841. The van der Waals surface area contributed by atoms with Crippen LogP contribution in [-0.4, -0.2) is 8.42 Å². The largest absolute Gasteiger partial charge is 0.219 e. The first-order chi connectivity index (χ1) is 8.54. The highest BCUT2D eigenvalue weighted by Gasteiger charge is 2.16. The van der Waals surface area contributed by atoms with E-state index in [1.54, 1.807) is 18.2 Å². The fraction of sp³-hybridized carbons (Fsp3) is 0. The molecule has 0 amide bonds. The number of benzene rings is 2. The van der Waals surface area contributed by atoms with Crippen LogP contribution in [0.3, 0.4) is 0 Å². The third kappa shape index (κ3) is 2.33. The first-order valence-corrected chi connectivity index (χ1v) is 6.75. The maximum absolute atomic E-state index is 12.8. The van der Waals surface area contributed by atoms with Crippen molar-refractivity contribution in [2.24, 2.45) is 0 Å². The van der Waals surface area contributed by atoms with Crippen LogP contribution >= 0.6 is 0 Å². The Morgan fingerprint density at radius 3 is 1.78 bits per heavy atom. The monoisotopic (exact) mass is 262 g/mol. The van der Waals surface area contributed by atoms with E-state index in [9.17, 15) is 12.8 Å². The summed E-state index contributed by atoms with van der Waals surface area (Å²) < 4.78 is 37.2. The van der Waals surface area contributed by atoms with Crippen LogP contribution in [-0.2, 0) is 9.84 Å². The zero-order valence-electron chi connectivity index (χ0n) is 9.51. The lowest BCUT2D eigenvalue weighted by Crippen LogP contribution is -2.01. The Balaban J connectivity index is 2.47. The van der Waals surface area contributed by atoms with E-state index in [1.165, 1.54) is 24.3 Å². The lowest BCUT2D eigenvalue weighted by Gasteiger charge is -2.04. The summed E-state index contributed by atoms with van der Waals surface area (Å²) >= 11 is 0. The van der Waals surface area contributed by atoms with Gasteiger partial charge in [-0.3, -0.25) is 0 Å². The van der Waals surface area contributed by atoms with Crippen molar-refractivity contribution in [3.63, 3.8) is 0 Å². The van der Waals surface area contributed by atoms with Crippen LogP contribution in [0.1, 0.15) is 5.56 Å². The SMILES string of the molecule is C=Cc1ccc(S(=O)(=O)c2ccc(F)cc2)cc1. The van der Waals surface area contributed by atoms with Crippen LogP contribution in [0.2, 0.25) is 0 Å². The Bertz CT molecular complexity index is 656. The van der Waals surface area contributed by atoms with Crippen molar-refractivity contribution in [2.45, 2.75) is 9.79 Å². The summed E-state index contributed by atoms with van der Waals surface area (Å²) in [5.74, 6) is -0.462. The Labute approximate surface area is 105 Å². The summed E-state index contributed by atoms with van der Waals surface area (Å²) in [5, 5.41) is 0. The van der Waals surface area contributed by atoms with Crippen molar-refractivity contribution in [3.05, 3.63) is 66.5 Å². The minimum atomic E-state index is -3.58. The molecule has 0 atom stereocenters. The van der Waals surface area contributed by atoms with Crippen molar-refractivity contribution in [1.82, 2.24) is 0 Å². The Morgan fingerprint density at radius 1 is 0.889 bits per heavy atom. The van der Waals surface area contributed by atoms with Crippen LogP contribution < -0.4 is 0 Å². The molecule has 2 aromatic rings. The van der Waals surface area contributed by atoms with E-state index in [0.29, 0.717) is 0 Å². The van der Waals surface area contributed by atoms with Crippen molar-refractivity contribution in [3.8, 4) is 0 Å². The second kappa shape index (κ2) is 4.74. The molecule has 0 heterocycles. The van der Waals surface area contributed by atoms with Gasteiger partial charge in [-0.05, 0) is 42.0 Å². The molecule has 0 N–H and O–H groups in total. The van der Waals surface area contributed by atoms with E-state index in [4.69, 9.17) is 0 Å². The van der Waals surface area contributed by atoms with Gasteiger partial charge in [0.1, 0.15) is 5.82 Å². The van der Waals surface area contributed by atoms with Crippen LogP contribution in [0.25, 0.3) is 6.08 Å². The maximum atomic E-state index is 12.8. The van der Waals surface area contributed by atoms with Gasteiger partial charge in [-0.2, -0.15) is 0 Å². The molecule has 0 fully saturated rings. The molecule has 0 spiro atoms. The van der Waals surface area contributed by atoms with Gasteiger partial charge in [0, 0.05) is 0 Å². The predicted molar refractivity (Wildman–Crippen MR) is 68.4 cm³/mol. The van der Waals surface area contributed by atoms with Gasteiger partial charge in [-0.15, -0.1) is 0 Å². The number of rotatable bonds is 3. The van der Waals surface area contributed by atoms with Crippen molar-refractivity contribution in [1.29, 1.82) is 0 Å². The molecule has 92 valence electrons. The molecule has 0 aromatic heterocycles. The molecule has 0 aliphatic carbocycles. The number of halogens is 1. The predicted octanol–water partition coefficient (Wildman–Crippen LogP) is 3.30. The van der Waals surface area contributed by atoms with Crippen LogP contribution in [0.15, 0.2) is 64.9 Å². The highest BCUT2D eigenvalue weighted by molar-refractivity contribution is 7.91. The molecule has 0 bridgehead atoms. The molecular formula is C14H11FO2S. The third-order valence-electron chi connectivity index (χ3n) is 2.55. The minimum Gasteiger partial charge on any atom is -0.219 e. The summed E-state index contributed by atoms with van der Waals surface area (Å²) in [4.78, 5) is 0.259. The highest BCUT2D eigenvalue weighted by atomic mass is 32.2. The van der Waals surface area contributed by atoms with Gasteiger partial charge in [0.15, 0.2) is 0 Å². The molecule has 2 aromatic carbocycles. The van der Waals surface area contributed by atoms with E-state index in [-0.39, 0.29) is 9.79 Å². The van der Waals surface area contributed by atoms with Crippen LogP contribution in [0, 0.1) is 5.82 Å². The van der Waals surface area contributed by atoms with Crippen molar-refractivity contribution >= 4 is 15.9 Å². The summed E-state index contributed by atoms with van der Waals surface area (Å²) in [6.45, 7) is 3.60. The molecule has 0 saturated heterocycles. The van der Waals surface area contributed by atoms with Gasteiger partial charge < -0.3 is 0 Å². The molecule has 0 aliphatic rings. The van der Waals surface area contributed by atoms with Gasteiger partial charge in [0.05, 0.1) is 9.79 Å². The number of hydrogen-bond donors (Lipinski definition) is 0. The number of hydrogen-bond acceptors (Lipinski definition) is 2. The first kappa shape index (κ1) is 12.5. The molecule has 0 unspecified atom stereocenters. The van der Waals surface area contributed by atoms with Gasteiger partial charge in [-0.1, -0.05) is 24.8 Å². The Morgan fingerprint density at radius 2 is 1.33 bits per heavy atom. The quantitative estimate of drug-likeness (QED) is 0.795. The van der Waals surface area contributed by atoms with E-state index in [2.05, 4.69) is 6.58 Å². The van der Waals surface area contributed by atoms with Crippen molar-refractivity contribution in [2.75, 3.05) is 0 Å². The topological polar surface area (TPSA) is 34.1 Å². The van der Waals surface area contributed by atoms with E-state index in [1.807, 2.05) is 0 Å². The fourth-order valence-corrected chi connectivity index (χ4v) is 2.79. The van der Waals surface area contributed by atoms with Gasteiger partial charge in [0.25, 0.3) is 0 Å². The lowest BCUT2D eigenvalue weighted by atomic mass is 10.2. The molecule has 18 heavy (non-hydrogen) atoms. The fourth-order valence-electron chi connectivity index (χ4n) is 1.53. The standard InChI is InChI=1S/C14H11FO2S/c1-2-11-3-7-13(8-4-11)18(16,17)14-9-5-12(15)6-10-14/h2-10H,1H2.